The average Bonchev–Trinajstić information content (AvgIpc) is 2.23. The van der Waals surface area contributed by atoms with E-state index in [1.807, 2.05) is 13.0 Å². The summed E-state index contributed by atoms with van der Waals surface area (Å²) in [5.74, 6) is 0.946. The van der Waals surface area contributed by atoms with Gasteiger partial charge in [0.15, 0.2) is 0 Å². The first-order chi connectivity index (χ1) is 7.00. The Bertz CT molecular complexity index is 288. The van der Waals surface area contributed by atoms with Gasteiger partial charge in [-0.25, -0.2) is 0 Å². The maximum atomic E-state index is 12.0. The summed E-state index contributed by atoms with van der Waals surface area (Å²) in [6.45, 7) is 10.1. The van der Waals surface area contributed by atoms with Crippen LogP contribution in [0.3, 0.4) is 0 Å². The molecule has 0 aliphatic heterocycles. The molecule has 2 atom stereocenters. The number of carbonyl (C=O) groups excluding carboxylic acids is 1. The van der Waals surface area contributed by atoms with Crippen molar-refractivity contribution in [2.24, 2.45) is 11.3 Å². The van der Waals surface area contributed by atoms with E-state index < -0.39 is 0 Å². The molecule has 0 saturated heterocycles. The molecule has 0 aromatic carbocycles. The molecule has 0 bridgehead atoms. The Morgan fingerprint density at radius 2 is 2.33 bits per heavy atom. The monoisotopic (exact) mass is 206 g/mol. The van der Waals surface area contributed by atoms with Crippen LogP contribution in [0.15, 0.2) is 24.3 Å². The summed E-state index contributed by atoms with van der Waals surface area (Å²) in [5.41, 5.74) is 1.03. The molecule has 0 aromatic heterocycles. The van der Waals surface area contributed by atoms with Gasteiger partial charge < -0.3 is 0 Å². The van der Waals surface area contributed by atoms with Crippen LogP contribution in [0.4, 0.5) is 0 Å². The average molecular weight is 206 g/mol. The van der Waals surface area contributed by atoms with Crippen LogP contribution in [-0.2, 0) is 4.79 Å². The standard InChI is InChI=1S/C14H22O/c1-5-11(2)9-10-14(4)12(3)7-6-8-13(14)15/h5,9,12H,1,6-8,10H2,2-4H3/b11-9-/t12-,14-/m1/s1. The molecule has 84 valence electrons. The van der Waals surface area contributed by atoms with Gasteiger partial charge in [0, 0.05) is 11.8 Å². The van der Waals surface area contributed by atoms with Crippen LogP contribution in [-0.4, -0.2) is 5.78 Å². The fourth-order valence-electron chi connectivity index (χ4n) is 2.22. The molecule has 1 fully saturated rings. The van der Waals surface area contributed by atoms with E-state index in [4.69, 9.17) is 0 Å². The summed E-state index contributed by atoms with van der Waals surface area (Å²) in [5, 5.41) is 0. The Kier molecular flexibility index (Phi) is 3.90. The number of hydrogen-bond acceptors (Lipinski definition) is 1. The number of rotatable bonds is 3. The Hall–Kier alpha value is -0.850. The molecule has 1 aliphatic rings. The largest absolute Gasteiger partial charge is 0.299 e. The smallest absolute Gasteiger partial charge is 0.139 e. The molecular weight excluding hydrogens is 184 g/mol. The second kappa shape index (κ2) is 4.78. The van der Waals surface area contributed by atoms with Gasteiger partial charge in [0.25, 0.3) is 0 Å². The van der Waals surface area contributed by atoms with Crippen LogP contribution in [0.5, 0.6) is 0 Å². The second-order valence-electron chi connectivity index (χ2n) is 4.99. The first-order valence-corrected chi connectivity index (χ1v) is 5.83. The highest BCUT2D eigenvalue weighted by atomic mass is 16.1. The van der Waals surface area contributed by atoms with E-state index in [0.717, 1.165) is 19.3 Å². The van der Waals surface area contributed by atoms with Crippen molar-refractivity contribution >= 4 is 5.78 Å². The second-order valence-corrected chi connectivity index (χ2v) is 4.99. The van der Waals surface area contributed by atoms with Gasteiger partial charge in [-0.05, 0) is 32.1 Å². The van der Waals surface area contributed by atoms with Crippen molar-refractivity contribution in [3.05, 3.63) is 24.3 Å². The summed E-state index contributed by atoms with van der Waals surface area (Å²) in [6.07, 6.45) is 7.88. The minimum absolute atomic E-state index is 0.136. The molecule has 0 spiro atoms. The lowest BCUT2D eigenvalue weighted by atomic mass is 9.65. The van der Waals surface area contributed by atoms with Crippen LogP contribution in [0.25, 0.3) is 0 Å². The molecule has 15 heavy (non-hydrogen) atoms. The number of allylic oxidation sites excluding steroid dienone is 3. The van der Waals surface area contributed by atoms with Crippen molar-refractivity contribution in [3.8, 4) is 0 Å². The van der Waals surface area contributed by atoms with E-state index in [2.05, 4.69) is 26.5 Å². The Morgan fingerprint density at radius 3 is 2.87 bits per heavy atom. The SMILES string of the molecule is C=C/C(C)=C\C[C@@]1(C)C(=O)CCC[C@H]1C. The number of hydrogen-bond donors (Lipinski definition) is 0. The topological polar surface area (TPSA) is 17.1 Å². The third kappa shape index (κ3) is 2.58. The van der Waals surface area contributed by atoms with Crippen molar-refractivity contribution < 1.29 is 4.79 Å². The molecule has 0 unspecified atom stereocenters. The van der Waals surface area contributed by atoms with E-state index in [9.17, 15) is 4.79 Å². The zero-order valence-corrected chi connectivity index (χ0v) is 10.2. The lowest BCUT2D eigenvalue weighted by Gasteiger charge is -2.37. The van der Waals surface area contributed by atoms with E-state index >= 15 is 0 Å². The highest BCUT2D eigenvalue weighted by molar-refractivity contribution is 5.85. The van der Waals surface area contributed by atoms with Gasteiger partial charge >= 0.3 is 0 Å². The molecule has 0 heterocycles. The van der Waals surface area contributed by atoms with Crippen molar-refractivity contribution in [1.82, 2.24) is 0 Å². The third-order valence-electron chi connectivity index (χ3n) is 3.94. The number of ketones is 1. The van der Waals surface area contributed by atoms with Gasteiger partial charge in [-0.2, -0.15) is 0 Å². The Balaban J connectivity index is 2.78. The minimum Gasteiger partial charge on any atom is -0.299 e. The summed E-state index contributed by atoms with van der Waals surface area (Å²) in [6, 6.07) is 0. The first kappa shape index (κ1) is 12.2. The van der Waals surface area contributed by atoms with Crippen LogP contribution >= 0.6 is 0 Å². The lowest BCUT2D eigenvalue weighted by Crippen LogP contribution is -2.37. The van der Waals surface area contributed by atoms with Crippen LogP contribution < -0.4 is 0 Å². The number of Topliss-reactive ketones (excluding diaryl/α,β-unsaturated/α-hetero) is 1. The summed E-state index contributed by atoms with van der Waals surface area (Å²) >= 11 is 0. The van der Waals surface area contributed by atoms with Gasteiger partial charge in [0.05, 0.1) is 0 Å². The van der Waals surface area contributed by atoms with Crippen molar-refractivity contribution in [2.45, 2.75) is 46.5 Å². The maximum absolute atomic E-state index is 12.0. The predicted molar refractivity (Wildman–Crippen MR) is 64.7 cm³/mol. The van der Waals surface area contributed by atoms with Crippen molar-refractivity contribution in [1.29, 1.82) is 0 Å². The highest BCUT2D eigenvalue weighted by Crippen LogP contribution is 2.41. The van der Waals surface area contributed by atoms with Crippen LogP contribution in [0, 0.1) is 11.3 Å². The number of carbonyl (C=O) groups is 1. The normalized spacial score (nSPS) is 32.9. The van der Waals surface area contributed by atoms with Gasteiger partial charge in [-0.15, -0.1) is 0 Å². The van der Waals surface area contributed by atoms with Gasteiger partial charge in [0.2, 0.25) is 0 Å². The molecule has 1 aliphatic carbocycles. The van der Waals surface area contributed by atoms with Crippen LogP contribution in [0.1, 0.15) is 46.5 Å². The summed E-state index contributed by atoms with van der Waals surface area (Å²) in [4.78, 5) is 12.0. The molecule has 0 radical (unpaired) electrons. The van der Waals surface area contributed by atoms with Crippen LogP contribution in [0.2, 0.25) is 0 Å². The van der Waals surface area contributed by atoms with Gasteiger partial charge in [-0.1, -0.05) is 38.2 Å². The van der Waals surface area contributed by atoms with E-state index in [1.165, 1.54) is 12.0 Å². The molecule has 0 amide bonds. The molecule has 0 N–H and O–H groups in total. The van der Waals surface area contributed by atoms with E-state index in [1.54, 1.807) is 0 Å². The highest BCUT2D eigenvalue weighted by Gasteiger charge is 2.39. The molecular formula is C14H22O. The zero-order chi connectivity index (χ0) is 11.5. The Morgan fingerprint density at radius 1 is 1.67 bits per heavy atom. The molecule has 1 nitrogen and oxygen atoms in total. The fourth-order valence-corrected chi connectivity index (χ4v) is 2.22. The molecule has 1 saturated carbocycles. The summed E-state index contributed by atoms with van der Waals surface area (Å²) < 4.78 is 0. The predicted octanol–water partition coefficient (Wildman–Crippen LogP) is 3.90. The van der Waals surface area contributed by atoms with Crippen molar-refractivity contribution in [2.75, 3.05) is 0 Å². The lowest BCUT2D eigenvalue weighted by molar-refractivity contribution is -0.133. The fraction of sp³-hybridized carbons (Fsp3) is 0.643. The quantitative estimate of drug-likeness (QED) is 0.640. The minimum atomic E-state index is -0.136. The van der Waals surface area contributed by atoms with E-state index in [-0.39, 0.29) is 5.41 Å². The summed E-state index contributed by atoms with van der Waals surface area (Å²) in [7, 11) is 0. The third-order valence-corrected chi connectivity index (χ3v) is 3.94. The molecule has 1 heteroatoms. The first-order valence-electron chi connectivity index (χ1n) is 5.83. The van der Waals surface area contributed by atoms with Crippen molar-refractivity contribution in [3.63, 3.8) is 0 Å². The van der Waals surface area contributed by atoms with Gasteiger partial charge in [0.1, 0.15) is 5.78 Å². The Labute approximate surface area is 93.3 Å². The zero-order valence-electron chi connectivity index (χ0n) is 10.2. The van der Waals surface area contributed by atoms with E-state index in [0.29, 0.717) is 11.7 Å². The molecule has 1 rings (SSSR count). The molecule has 0 aromatic rings. The van der Waals surface area contributed by atoms with Gasteiger partial charge in [-0.3, -0.25) is 4.79 Å². The maximum Gasteiger partial charge on any atom is 0.139 e.